The lowest BCUT2D eigenvalue weighted by atomic mass is 10.00. The molecule has 116 valence electrons. The van der Waals surface area contributed by atoms with Gasteiger partial charge in [-0.3, -0.25) is 9.59 Å². The molecule has 1 fully saturated rings. The van der Waals surface area contributed by atoms with Gasteiger partial charge in [0.15, 0.2) is 0 Å². The number of anilines is 1. The van der Waals surface area contributed by atoms with E-state index in [1.165, 1.54) is 0 Å². The smallest absolute Gasteiger partial charge is 0.253 e. The second-order valence-electron chi connectivity index (χ2n) is 5.23. The molecule has 0 saturated heterocycles. The van der Waals surface area contributed by atoms with E-state index in [1.54, 1.807) is 31.3 Å². The highest BCUT2D eigenvalue weighted by Gasteiger charge is 2.26. The Bertz CT molecular complexity index is 507. The Hall–Kier alpha value is -1.59. The summed E-state index contributed by atoms with van der Waals surface area (Å²) in [4.78, 5) is 23.8. The maximum Gasteiger partial charge on any atom is 0.253 e. The van der Waals surface area contributed by atoms with Crippen LogP contribution < -0.4 is 16.4 Å². The van der Waals surface area contributed by atoms with Crippen molar-refractivity contribution in [3.8, 4) is 0 Å². The molecule has 1 aromatic carbocycles. The molecule has 0 bridgehead atoms. The molecule has 21 heavy (non-hydrogen) atoms. The van der Waals surface area contributed by atoms with Crippen molar-refractivity contribution in [2.75, 3.05) is 12.4 Å². The van der Waals surface area contributed by atoms with Crippen molar-refractivity contribution in [3.63, 3.8) is 0 Å². The van der Waals surface area contributed by atoms with Crippen molar-refractivity contribution in [2.45, 2.75) is 31.7 Å². The Morgan fingerprint density at radius 3 is 2.62 bits per heavy atom. The molecule has 0 spiro atoms. The molecule has 0 unspecified atom stereocenters. The van der Waals surface area contributed by atoms with Gasteiger partial charge in [-0.25, -0.2) is 0 Å². The predicted octanol–water partition coefficient (Wildman–Crippen LogP) is 1.92. The van der Waals surface area contributed by atoms with E-state index in [0.29, 0.717) is 17.7 Å². The number of amides is 2. The van der Waals surface area contributed by atoms with Crippen LogP contribution >= 0.6 is 12.4 Å². The van der Waals surface area contributed by atoms with E-state index in [4.69, 9.17) is 5.73 Å². The highest BCUT2D eigenvalue weighted by atomic mass is 35.5. The predicted molar refractivity (Wildman–Crippen MR) is 85.6 cm³/mol. The van der Waals surface area contributed by atoms with Gasteiger partial charge in [0.25, 0.3) is 5.91 Å². The van der Waals surface area contributed by atoms with Crippen LogP contribution in [0.15, 0.2) is 24.3 Å². The minimum Gasteiger partial charge on any atom is -0.355 e. The van der Waals surface area contributed by atoms with Crippen molar-refractivity contribution in [1.29, 1.82) is 0 Å². The Kier molecular flexibility index (Phi) is 6.65. The molecule has 2 rings (SSSR count). The first-order valence-corrected chi connectivity index (χ1v) is 6.98. The van der Waals surface area contributed by atoms with Gasteiger partial charge >= 0.3 is 0 Å². The molecule has 0 radical (unpaired) electrons. The number of hydrogen-bond acceptors (Lipinski definition) is 3. The van der Waals surface area contributed by atoms with Gasteiger partial charge in [0.2, 0.25) is 5.91 Å². The summed E-state index contributed by atoms with van der Waals surface area (Å²) < 4.78 is 0. The Labute approximate surface area is 131 Å². The number of rotatable bonds is 4. The van der Waals surface area contributed by atoms with Crippen molar-refractivity contribution in [2.24, 2.45) is 11.7 Å². The second kappa shape index (κ2) is 8.00. The number of carbonyl (C=O) groups excluding carboxylic acids is 2. The quantitative estimate of drug-likeness (QED) is 0.794. The van der Waals surface area contributed by atoms with Crippen LogP contribution in [0.1, 0.15) is 36.0 Å². The van der Waals surface area contributed by atoms with Crippen molar-refractivity contribution >= 4 is 29.9 Å². The van der Waals surface area contributed by atoms with E-state index >= 15 is 0 Å². The zero-order chi connectivity index (χ0) is 14.5. The topological polar surface area (TPSA) is 84.2 Å². The fourth-order valence-electron chi connectivity index (χ4n) is 2.68. The average Bonchev–Trinajstić information content (AvgIpc) is 2.84. The van der Waals surface area contributed by atoms with Crippen LogP contribution in [-0.2, 0) is 4.79 Å². The van der Waals surface area contributed by atoms with E-state index in [-0.39, 0.29) is 36.2 Å². The van der Waals surface area contributed by atoms with E-state index in [1.807, 2.05) is 0 Å². The molecule has 0 heterocycles. The van der Waals surface area contributed by atoms with Gasteiger partial charge in [-0.1, -0.05) is 18.6 Å². The fourth-order valence-corrected chi connectivity index (χ4v) is 2.68. The third-order valence-electron chi connectivity index (χ3n) is 3.84. The molecule has 5 nitrogen and oxygen atoms in total. The van der Waals surface area contributed by atoms with Crippen LogP contribution in [0, 0.1) is 5.92 Å². The monoisotopic (exact) mass is 311 g/mol. The number of para-hydroxylation sites is 1. The highest BCUT2D eigenvalue weighted by Crippen LogP contribution is 2.27. The summed E-state index contributed by atoms with van der Waals surface area (Å²) in [7, 11) is 1.57. The average molecular weight is 312 g/mol. The number of benzene rings is 1. The molecular weight excluding hydrogens is 290 g/mol. The molecule has 1 saturated carbocycles. The Morgan fingerprint density at radius 2 is 2.00 bits per heavy atom. The summed E-state index contributed by atoms with van der Waals surface area (Å²) in [5, 5.41) is 5.38. The summed E-state index contributed by atoms with van der Waals surface area (Å²) >= 11 is 0. The van der Waals surface area contributed by atoms with Gasteiger partial charge in [0.05, 0.1) is 11.3 Å². The Balaban J connectivity index is 0.00000220. The molecule has 0 aliphatic heterocycles. The lowest BCUT2D eigenvalue weighted by Crippen LogP contribution is -2.28. The zero-order valence-electron chi connectivity index (χ0n) is 12.1. The van der Waals surface area contributed by atoms with Crippen LogP contribution in [0.25, 0.3) is 0 Å². The number of halogens is 1. The lowest BCUT2D eigenvalue weighted by Gasteiger charge is -2.15. The van der Waals surface area contributed by atoms with Crippen LogP contribution in [0.4, 0.5) is 5.69 Å². The van der Waals surface area contributed by atoms with Gasteiger partial charge in [0, 0.05) is 19.5 Å². The molecular formula is C15H22ClN3O2. The maximum atomic E-state index is 12.1. The van der Waals surface area contributed by atoms with Crippen LogP contribution in [-0.4, -0.2) is 24.9 Å². The maximum absolute atomic E-state index is 12.1. The molecule has 1 aromatic rings. The molecule has 1 aliphatic rings. The molecule has 6 heteroatoms. The van der Waals surface area contributed by atoms with Gasteiger partial charge in [-0.2, -0.15) is 0 Å². The number of carbonyl (C=O) groups is 2. The van der Waals surface area contributed by atoms with E-state index in [9.17, 15) is 9.59 Å². The molecule has 2 atom stereocenters. The second-order valence-corrected chi connectivity index (χ2v) is 5.23. The zero-order valence-corrected chi connectivity index (χ0v) is 12.9. The summed E-state index contributed by atoms with van der Waals surface area (Å²) in [6, 6.07) is 7.11. The molecule has 0 aromatic heterocycles. The van der Waals surface area contributed by atoms with Crippen LogP contribution in [0.3, 0.4) is 0 Å². The van der Waals surface area contributed by atoms with Crippen LogP contribution in [0.5, 0.6) is 0 Å². The fraction of sp³-hybridized carbons (Fsp3) is 0.467. The summed E-state index contributed by atoms with van der Waals surface area (Å²) in [6.45, 7) is 0. The van der Waals surface area contributed by atoms with Gasteiger partial charge in [0.1, 0.15) is 0 Å². The minimum atomic E-state index is -0.210. The normalized spacial score (nSPS) is 20.5. The number of hydrogen-bond donors (Lipinski definition) is 3. The third kappa shape index (κ3) is 4.44. The first-order valence-electron chi connectivity index (χ1n) is 6.98. The van der Waals surface area contributed by atoms with Crippen molar-refractivity contribution < 1.29 is 9.59 Å². The first-order chi connectivity index (χ1) is 9.61. The minimum absolute atomic E-state index is 0. The molecule has 2 amide bonds. The van der Waals surface area contributed by atoms with E-state index in [0.717, 1.165) is 19.3 Å². The molecule has 4 N–H and O–H groups in total. The van der Waals surface area contributed by atoms with Gasteiger partial charge in [-0.05, 0) is 30.9 Å². The first kappa shape index (κ1) is 17.5. The lowest BCUT2D eigenvalue weighted by molar-refractivity contribution is -0.117. The summed E-state index contributed by atoms with van der Waals surface area (Å²) in [6.07, 6.45) is 3.51. The van der Waals surface area contributed by atoms with E-state index in [2.05, 4.69) is 10.6 Å². The van der Waals surface area contributed by atoms with Gasteiger partial charge in [-0.15, -0.1) is 12.4 Å². The van der Waals surface area contributed by atoms with Crippen LogP contribution in [0.2, 0.25) is 0 Å². The van der Waals surface area contributed by atoms with E-state index < -0.39 is 0 Å². The highest BCUT2D eigenvalue weighted by molar-refractivity contribution is 6.03. The Morgan fingerprint density at radius 1 is 1.29 bits per heavy atom. The molecule has 1 aliphatic carbocycles. The number of nitrogens with two attached hydrogens (primary N) is 1. The van der Waals surface area contributed by atoms with Crippen molar-refractivity contribution in [3.05, 3.63) is 29.8 Å². The largest absolute Gasteiger partial charge is 0.355 e. The van der Waals surface area contributed by atoms with Crippen molar-refractivity contribution in [1.82, 2.24) is 5.32 Å². The SMILES string of the molecule is CNC(=O)c1ccccc1NC(=O)C[C@@H]1CCC[C@H]1N.Cl. The third-order valence-corrected chi connectivity index (χ3v) is 3.84. The summed E-state index contributed by atoms with van der Waals surface area (Å²) in [5.74, 6) is -0.0377. The number of nitrogens with one attached hydrogen (secondary N) is 2. The summed E-state index contributed by atoms with van der Waals surface area (Å²) in [5.41, 5.74) is 6.99. The standard InChI is InChI=1S/C15H21N3O2.ClH/c1-17-15(20)11-6-2-3-8-13(11)18-14(19)9-10-5-4-7-12(10)16;/h2-3,6,8,10,12H,4-5,7,9,16H2,1H3,(H,17,20)(H,18,19);1H/t10-,12+;/m0./s1. The van der Waals surface area contributed by atoms with Gasteiger partial charge < -0.3 is 16.4 Å².